The zero-order valence-electron chi connectivity index (χ0n) is 13.2. The summed E-state index contributed by atoms with van der Waals surface area (Å²) in [5.41, 5.74) is 4.27. The number of hydrogen-bond acceptors (Lipinski definition) is 4. The molecule has 2 aromatic heterocycles. The summed E-state index contributed by atoms with van der Waals surface area (Å²) < 4.78 is 0. The Morgan fingerprint density at radius 3 is 1.76 bits per heavy atom. The van der Waals surface area contributed by atoms with Gasteiger partial charge in [0, 0.05) is 37.7 Å². The molecule has 0 unspecified atom stereocenters. The average molecular weight is 497 g/mol. The monoisotopic (exact) mass is 497 g/mol. The van der Waals surface area contributed by atoms with Crippen LogP contribution in [-0.2, 0) is 20.4 Å². The van der Waals surface area contributed by atoms with Crippen LogP contribution in [-0.4, -0.2) is 20.2 Å². The van der Waals surface area contributed by atoms with Crippen molar-refractivity contribution in [3.8, 4) is 34.0 Å². The van der Waals surface area contributed by atoms with Gasteiger partial charge in [0.2, 0.25) is 5.82 Å². The molecule has 0 aliphatic rings. The first kappa shape index (κ1) is 17.1. The van der Waals surface area contributed by atoms with E-state index < -0.39 is 0 Å². The van der Waals surface area contributed by atoms with Crippen LogP contribution in [0.5, 0.6) is 0 Å². The summed E-state index contributed by atoms with van der Waals surface area (Å²) in [5.74, 6) is 0.522. The van der Waals surface area contributed by atoms with E-state index in [-0.39, 0.29) is 20.4 Å². The summed E-state index contributed by atoms with van der Waals surface area (Å²) in [4.78, 5) is 9.07. The van der Waals surface area contributed by atoms with Crippen LogP contribution in [0.15, 0.2) is 85.1 Å². The van der Waals surface area contributed by atoms with Gasteiger partial charge in [0.25, 0.3) is 0 Å². The minimum Gasteiger partial charge on any atom is -0.253 e. The van der Waals surface area contributed by atoms with Gasteiger partial charge >= 0.3 is 0 Å². The van der Waals surface area contributed by atoms with Crippen LogP contribution in [0, 0.1) is 0 Å². The van der Waals surface area contributed by atoms with Crippen LogP contribution in [0.4, 0.5) is 0 Å². The fourth-order valence-electron chi connectivity index (χ4n) is 2.52. The van der Waals surface area contributed by atoms with Gasteiger partial charge in [-0.1, -0.05) is 66.7 Å². The maximum absolute atomic E-state index is 4.75. The van der Waals surface area contributed by atoms with Crippen LogP contribution in [0.2, 0.25) is 0 Å². The number of pyridine rings is 1. The molecule has 0 atom stereocenters. The van der Waals surface area contributed by atoms with E-state index in [9.17, 15) is 0 Å². The Bertz CT molecular complexity index is 945. The standard InChI is InChI=1S/C20H14N4.Re/c1-3-9-15(10-4-1)18-19(16-11-5-2-6-12-16)23-24-20(22-18)17-13-7-8-14-21-17;/h1-14H;. The van der Waals surface area contributed by atoms with Crippen molar-refractivity contribution in [2.75, 3.05) is 0 Å². The molecule has 0 saturated heterocycles. The predicted molar refractivity (Wildman–Crippen MR) is 93.9 cm³/mol. The first-order valence-electron chi connectivity index (χ1n) is 7.69. The summed E-state index contributed by atoms with van der Waals surface area (Å²) >= 11 is 0. The Kier molecular flexibility index (Phi) is 5.40. The quantitative estimate of drug-likeness (QED) is 0.425. The summed E-state index contributed by atoms with van der Waals surface area (Å²) in [6.07, 6.45) is 1.73. The molecule has 0 N–H and O–H groups in total. The smallest absolute Gasteiger partial charge is 0.201 e. The first-order chi connectivity index (χ1) is 11.9. The minimum atomic E-state index is 0. The van der Waals surface area contributed by atoms with E-state index in [0.717, 1.165) is 22.5 Å². The zero-order valence-corrected chi connectivity index (χ0v) is 16.0. The van der Waals surface area contributed by atoms with Gasteiger partial charge < -0.3 is 0 Å². The van der Waals surface area contributed by atoms with Gasteiger partial charge in [-0.2, -0.15) is 0 Å². The van der Waals surface area contributed by atoms with Gasteiger partial charge in [-0.15, -0.1) is 10.2 Å². The molecular formula is C20H14N4Re. The van der Waals surface area contributed by atoms with E-state index >= 15 is 0 Å². The van der Waals surface area contributed by atoms with E-state index in [1.54, 1.807) is 6.20 Å². The van der Waals surface area contributed by atoms with Crippen LogP contribution in [0.1, 0.15) is 0 Å². The van der Waals surface area contributed by atoms with E-state index in [2.05, 4.69) is 15.2 Å². The van der Waals surface area contributed by atoms with E-state index in [4.69, 9.17) is 4.98 Å². The van der Waals surface area contributed by atoms with Gasteiger partial charge in [-0.25, -0.2) is 4.98 Å². The Morgan fingerprint density at radius 1 is 0.560 bits per heavy atom. The van der Waals surface area contributed by atoms with Crippen molar-refractivity contribution in [2.24, 2.45) is 0 Å². The SMILES string of the molecule is [Re].c1ccc(-c2nnc(-c3ccccn3)nc2-c2ccccc2)cc1. The van der Waals surface area contributed by atoms with Gasteiger partial charge in [0.15, 0.2) is 0 Å². The molecule has 25 heavy (non-hydrogen) atoms. The van der Waals surface area contributed by atoms with E-state index in [0.29, 0.717) is 11.5 Å². The largest absolute Gasteiger partial charge is 0.253 e. The Labute approximate surface area is 159 Å². The third-order valence-electron chi connectivity index (χ3n) is 3.68. The van der Waals surface area contributed by atoms with Crippen molar-refractivity contribution in [3.05, 3.63) is 85.1 Å². The normalized spacial score (nSPS) is 10.1. The molecule has 4 rings (SSSR count). The van der Waals surface area contributed by atoms with Gasteiger partial charge in [0.1, 0.15) is 17.1 Å². The van der Waals surface area contributed by atoms with Crippen molar-refractivity contribution in [1.29, 1.82) is 0 Å². The minimum absolute atomic E-state index is 0. The molecule has 4 nitrogen and oxygen atoms in total. The Morgan fingerprint density at radius 2 is 1.16 bits per heavy atom. The summed E-state index contributed by atoms with van der Waals surface area (Å²) in [5, 5.41) is 8.74. The number of hydrogen-bond donors (Lipinski definition) is 0. The number of benzene rings is 2. The second-order valence-corrected chi connectivity index (χ2v) is 5.28. The number of aromatic nitrogens is 4. The molecule has 0 aliphatic heterocycles. The summed E-state index contributed by atoms with van der Waals surface area (Å²) in [6.45, 7) is 0. The van der Waals surface area contributed by atoms with Crippen LogP contribution in [0.3, 0.4) is 0 Å². The second kappa shape index (κ2) is 7.89. The molecular weight excluding hydrogens is 482 g/mol. The van der Waals surface area contributed by atoms with Gasteiger partial charge in [-0.3, -0.25) is 4.98 Å². The molecule has 0 bridgehead atoms. The molecule has 0 aliphatic carbocycles. The fraction of sp³-hybridized carbons (Fsp3) is 0. The van der Waals surface area contributed by atoms with Crippen molar-refractivity contribution in [1.82, 2.24) is 20.2 Å². The molecule has 0 fully saturated rings. The third kappa shape index (κ3) is 3.69. The maximum Gasteiger partial charge on any atom is 0.201 e. The van der Waals surface area contributed by atoms with Crippen molar-refractivity contribution >= 4 is 0 Å². The number of rotatable bonds is 3. The molecule has 5 heteroatoms. The zero-order chi connectivity index (χ0) is 16.2. The molecule has 2 aromatic carbocycles. The Balaban J connectivity index is 0.00000182. The number of nitrogens with zero attached hydrogens (tertiary/aromatic N) is 4. The predicted octanol–water partition coefficient (Wildman–Crippen LogP) is 4.27. The maximum atomic E-state index is 4.75. The molecule has 121 valence electrons. The van der Waals surface area contributed by atoms with Gasteiger partial charge in [-0.05, 0) is 12.1 Å². The van der Waals surface area contributed by atoms with Crippen LogP contribution >= 0.6 is 0 Å². The molecule has 0 spiro atoms. The second-order valence-electron chi connectivity index (χ2n) is 5.28. The van der Waals surface area contributed by atoms with Crippen molar-refractivity contribution < 1.29 is 20.4 Å². The van der Waals surface area contributed by atoms with E-state index in [1.807, 2.05) is 78.9 Å². The average Bonchev–Trinajstić information content (AvgIpc) is 2.69. The summed E-state index contributed by atoms with van der Waals surface area (Å²) in [6, 6.07) is 25.7. The molecule has 0 saturated carbocycles. The molecule has 1 radical (unpaired) electrons. The van der Waals surface area contributed by atoms with Crippen LogP contribution in [0.25, 0.3) is 34.0 Å². The molecule has 2 heterocycles. The van der Waals surface area contributed by atoms with E-state index in [1.165, 1.54) is 0 Å². The Hall–Kier alpha value is -2.74. The van der Waals surface area contributed by atoms with Crippen molar-refractivity contribution in [3.63, 3.8) is 0 Å². The van der Waals surface area contributed by atoms with Crippen molar-refractivity contribution in [2.45, 2.75) is 0 Å². The first-order valence-corrected chi connectivity index (χ1v) is 7.69. The molecule has 0 amide bonds. The van der Waals surface area contributed by atoms with Crippen LogP contribution < -0.4 is 0 Å². The fourth-order valence-corrected chi connectivity index (χ4v) is 2.52. The van der Waals surface area contributed by atoms with Gasteiger partial charge in [0.05, 0.1) is 0 Å². The topological polar surface area (TPSA) is 51.6 Å². The third-order valence-corrected chi connectivity index (χ3v) is 3.68. The molecule has 4 aromatic rings. The summed E-state index contributed by atoms with van der Waals surface area (Å²) in [7, 11) is 0.